The molecule has 0 rings (SSSR count). The van der Waals surface area contributed by atoms with E-state index in [2.05, 4.69) is 39.9 Å². The van der Waals surface area contributed by atoms with Crippen molar-refractivity contribution in [2.24, 2.45) is 5.92 Å². The maximum atomic E-state index is 4.75. The van der Waals surface area contributed by atoms with Crippen LogP contribution in [-0.4, -0.2) is 26.3 Å². The minimum absolute atomic E-state index is 0.384. The molecule has 2 heteroatoms. The first kappa shape index (κ1) is 19.5. The fourth-order valence-electron chi connectivity index (χ4n) is 0. The first-order valence-corrected chi connectivity index (χ1v) is 5.47. The normalized spacial score (nSPS) is 9.43. The Bertz CT molecular complexity index is 69.6. The molecule has 0 saturated heterocycles. The fraction of sp³-hybridized carbons (Fsp3) is 1.00. The molecule has 0 spiro atoms. The summed E-state index contributed by atoms with van der Waals surface area (Å²) in [6.45, 7) is 14.7. The molecule has 0 unspecified atom stereocenters. The van der Waals surface area contributed by atoms with Crippen LogP contribution in [0.5, 0.6) is 0 Å². The Labute approximate surface area is 91.4 Å². The Kier molecular flexibility index (Phi) is 21.4. The molecule has 0 heterocycles. The van der Waals surface area contributed by atoms with E-state index in [0.717, 1.165) is 5.92 Å². The van der Waals surface area contributed by atoms with E-state index in [1.165, 1.54) is 0 Å². The van der Waals surface area contributed by atoms with Gasteiger partial charge < -0.3 is 10.1 Å². The molecule has 1 N–H and O–H groups in total. The van der Waals surface area contributed by atoms with Gasteiger partial charge in [-0.15, -0.1) is 0 Å². The van der Waals surface area contributed by atoms with Gasteiger partial charge in [-0.25, -0.2) is 0 Å². The highest BCUT2D eigenvalue weighted by Crippen LogP contribution is 1.81. The van der Waals surface area contributed by atoms with Crippen LogP contribution >= 0.6 is 0 Å². The van der Waals surface area contributed by atoms with E-state index < -0.39 is 0 Å². The summed E-state index contributed by atoms with van der Waals surface area (Å²) in [4.78, 5) is 0. The summed E-state index contributed by atoms with van der Waals surface area (Å²) in [6.07, 6.45) is 0.384. The molecule has 0 bridgehead atoms. The molecule has 0 aliphatic carbocycles. The average molecular weight is 205 g/mol. The molecule has 0 radical (unpaired) electrons. The van der Waals surface area contributed by atoms with E-state index >= 15 is 0 Å². The van der Waals surface area contributed by atoms with E-state index in [1.54, 1.807) is 7.11 Å². The van der Waals surface area contributed by atoms with Crippen LogP contribution in [0.2, 0.25) is 0 Å². The van der Waals surface area contributed by atoms with Gasteiger partial charge in [-0.05, 0) is 26.8 Å². The molecular weight excluding hydrogens is 174 g/mol. The lowest BCUT2D eigenvalue weighted by atomic mass is 10.3. The summed E-state index contributed by atoms with van der Waals surface area (Å²) in [5.41, 5.74) is 0. The molecule has 0 aliphatic rings. The summed E-state index contributed by atoms with van der Waals surface area (Å²) in [5, 5.41) is 3.03. The molecule has 0 fully saturated rings. The van der Waals surface area contributed by atoms with Crippen molar-refractivity contribution in [2.75, 3.05) is 14.2 Å². The zero-order chi connectivity index (χ0) is 12.1. The zero-order valence-electron chi connectivity index (χ0n) is 11.6. The summed E-state index contributed by atoms with van der Waals surface area (Å²) in [7, 11) is 3.65. The summed E-state index contributed by atoms with van der Waals surface area (Å²) in [5.74, 6) is 0.833. The van der Waals surface area contributed by atoms with E-state index in [-0.39, 0.29) is 0 Å². The van der Waals surface area contributed by atoms with Crippen molar-refractivity contribution < 1.29 is 4.74 Å². The molecule has 2 nitrogen and oxygen atoms in total. The SMILES string of the molecule is CC(C)C.CNC(C)C.COC(C)C. The van der Waals surface area contributed by atoms with Gasteiger partial charge in [0.2, 0.25) is 0 Å². The second-order valence-electron chi connectivity index (χ2n) is 4.46. The largest absolute Gasteiger partial charge is 0.382 e. The van der Waals surface area contributed by atoms with Crippen LogP contribution in [0.3, 0.4) is 0 Å². The second kappa shape index (κ2) is 15.4. The van der Waals surface area contributed by atoms with Crippen LogP contribution in [0.1, 0.15) is 48.5 Å². The summed E-state index contributed by atoms with van der Waals surface area (Å²) < 4.78 is 4.75. The highest BCUT2D eigenvalue weighted by Gasteiger charge is 1.78. The van der Waals surface area contributed by atoms with Gasteiger partial charge in [0, 0.05) is 13.2 Å². The van der Waals surface area contributed by atoms with Crippen molar-refractivity contribution in [1.29, 1.82) is 0 Å². The monoisotopic (exact) mass is 205 g/mol. The molecular formula is C12H31NO. The van der Waals surface area contributed by atoms with Gasteiger partial charge >= 0.3 is 0 Å². The van der Waals surface area contributed by atoms with Gasteiger partial charge in [0.1, 0.15) is 0 Å². The smallest absolute Gasteiger partial charge is 0.0515 e. The Morgan fingerprint density at radius 3 is 1.00 bits per heavy atom. The van der Waals surface area contributed by atoms with Crippen molar-refractivity contribution in [2.45, 2.75) is 60.6 Å². The van der Waals surface area contributed by atoms with Crippen LogP contribution in [0.4, 0.5) is 0 Å². The number of rotatable bonds is 2. The van der Waals surface area contributed by atoms with Gasteiger partial charge in [-0.2, -0.15) is 0 Å². The first-order valence-electron chi connectivity index (χ1n) is 5.47. The van der Waals surface area contributed by atoms with E-state index in [9.17, 15) is 0 Å². The van der Waals surface area contributed by atoms with Crippen molar-refractivity contribution in [3.63, 3.8) is 0 Å². The lowest BCUT2D eigenvalue weighted by Gasteiger charge is -1.95. The highest BCUT2D eigenvalue weighted by molar-refractivity contribution is 4.40. The quantitative estimate of drug-likeness (QED) is 0.746. The molecule has 14 heavy (non-hydrogen) atoms. The molecule has 0 aliphatic heterocycles. The van der Waals surface area contributed by atoms with E-state index in [4.69, 9.17) is 4.74 Å². The zero-order valence-corrected chi connectivity index (χ0v) is 11.6. The lowest BCUT2D eigenvalue weighted by molar-refractivity contribution is 0.134. The maximum absolute atomic E-state index is 4.75. The Morgan fingerprint density at radius 2 is 1.00 bits per heavy atom. The summed E-state index contributed by atoms with van der Waals surface area (Å²) >= 11 is 0. The van der Waals surface area contributed by atoms with Crippen LogP contribution in [0.15, 0.2) is 0 Å². The number of ether oxygens (including phenoxy) is 1. The molecule has 0 aromatic heterocycles. The van der Waals surface area contributed by atoms with Gasteiger partial charge in [0.15, 0.2) is 0 Å². The Hall–Kier alpha value is -0.0800. The van der Waals surface area contributed by atoms with Crippen molar-refractivity contribution in [1.82, 2.24) is 5.32 Å². The van der Waals surface area contributed by atoms with Crippen molar-refractivity contribution in [3.8, 4) is 0 Å². The molecule has 0 aromatic carbocycles. The first-order chi connectivity index (χ1) is 6.27. The number of hydrogen-bond acceptors (Lipinski definition) is 2. The maximum Gasteiger partial charge on any atom is 0.0515 e. The van der Waals surface area contributed by atoms with Gasteiger partial charge in [-0.1, -0.05) is 34.6 Å². The number of nitrogens with one attached hydrogen (secondary N) is 1. The summed E-state index contributed by atoms with van der Waals surface area (Å²) in [6, 6.07) is 0.634. The van der Waals surface area contributed by atoms with Crippen molar-refractivity contribution in [3.05, 3.63) is 0 Å². The lowest BCUT2D eigenvalue weighted by Crippen LogP contribution is -2.15. The van der Waals surface area contributed by atoms with Crippen LogP contribution < -0.4 is 5.32 Å². The Morgan fingerprint density at radius 1 is 0.857 bits per heavy atom. The molecule has 0 amide bonds. The van der Waals surface area contributed by atoms with Gasteiger partial charge in [-0.3, -0.25) is 0 Å². The third-order valence-electron chi connectivity index (χ3n) is 1.05. The second-order valence-corrected chi connectivity index (χ2v) is 4.46. The molecule has 0 atom stereocenters. The minimum Gasteiger partial charge on any atom is -0.382 e. The standard InChI is InChI=1S/C4H11N.C4H10O.C4H10/c2*1-4(2)5-3;1-4(2)3/h4-5H,1-3H3;4H,1-3H3;4H,1-3H3. The minimum atomic E-state index is 0.384. The third-order valence-corrected chi connectivity index (χ3v) is 1.05. The molecule has 0 saturated carbocycles. The third kappa shape index (κ3) is 92.5. The van der Waals surface area contributed by atoms with E-state index in [0.29, 0.717) is 12.1 Å². The van der Waals surface area contributed by atoms with Crippen LogP contribution in [0.25, 0.3) is 0 Å². The predicted octanol–water partition coefficient (Wildman–Crippen LogP) is 3.32. The number of hydrogen-bond donors (Lipinski definition) is 1. The Balaban J connectivity index is -0.000000131. The fourth-order valence-corrected chi connectivity index (χ4v) is 0. The van der Waals surface area contributed by atoms with Crippen LogP contribution in [0, 0.1) is 5.92 Å². The topological polar surface area (TPSA) is 21.3 Å². The van der Waals surface area contributed by atoms with Crippen LogP contribution in [-0.2, 0) is 4.74 Å². The van der Waals surface area contributed by atoms with E-state index in [1.807, 2.05) is 20.9 Å². The highest BCUT2D eigenvalue weighted by atomic mass is 16.5. The number of methoxy groups -OCH3 is 1. The van der Waals surface area contributed by atoms with Gasteiger partial charge in [0.05, 0.1) is 6.10 Å². The molecule has 90 valence electrons. The predicted molar refractivity (Wildman–Crippen MR) is 66.9 cm³/mol. The van der Waals surface area contributed by atoms with Crippen molar-refractivity contribution >= 4 is 0 Å². The average Bonchev–Trinajstić information content (AvgIpc) is 2.04. The molecule has 0 aromatic rings. The van der Waals surface area contributed by atoms with Gasteiger partial charge in [0.25, 0.3) is 0 Å².